The standard InChI is InChI=1S/C19H21ClN2O/c1-2-3-5-10-18(15-8-6-4-7-9-15)21-22-19(23)16-11-13-17(20)14-12-16/h4,6-9,11-14H,2-3,5,10H2,1H3,(H,22,23)/b21-18+. The fourth-order valence-corrected chi connectivity index (χ4v) is 2.35. The molecule has 0 heterocycles. The number of amides is 1. The Labute approximate surface area is 142 Å². The first-order valence-electron chi connectivity index (χ1n) is 7.88. The normalized spacial score (nSPS) is 11.3. The van der Waals surface area contributed by atoms with Crippen LogP contribution >= 0.6 is 11.6 Å². The molecule has 0 radical (unpaired) electrons. The number of unbranched alkanes of at least 4 members (excludes halogenated alkanes) is 2. The molecule has 0 saturated heterocycles. The molecule has 0 spiro atoms. The minimum atomic E-state index is -0.231. The maximum absolute atomic E-state index is 12.2. The van der Waals surface area contributed by atoms with Crippen molar-refractivity contribution in [2.45, 2.75) is 32.6 Å². The SMILES string of the molecule is CCCCC/C(=N\NC(=O)c1ccc(Cl)cc1)c1ccccc1. The molecule has 1 amide bonds. The summed E-state index contributed by atoms with van der Waals surface area (Å²) in [5.41, 5.74) is 5.14. The number of halogens is 1. The number of hydrazone groups is 1. The van der Waals surface area contributed by atoms with Crippen molar-refractivity contribution in [2.75, 3.05) is 0 Å². The van der Waals surface area contributed by atoms with E-state index >= 15 is 0 Å². The van der Waals surface area contributed by atoms with Gasteiger partial charge in [0, 0.05) is 10.6 Å². The summed E-state index contributed by atoms with van der Waals surface area (Å²) in [6.45, 7) is 2.17. The third-order valence-electron chi connectivity index (χ3n) is 3.52. The van der Waals surface area contributed by atoms with E-state index in [1.165, 1.54) is 0 Å². The van der Waals surface area contributed by atoms with Gasteiger partial charge in [-0.3, -0.25) is 4.79 Å². The first-order valence-corrected chi connectivity index (χ1v) is 8.26. The van der Waals surface area contributed by atoms with Gasteiger partial charge in [0.2, 0.25) is 0 Å². The van der Waals surface area contributed by atoms with Gasteiger partial charge in [0.25, 0.3) is 5.91 Å². The van der Waals surface area contributed by atoms with Crippen LogP contribution in [0.15, 0.2) is 59.7 Å². The van der Waals surface area contributed by atoms with Crippen LogP contribution in [0, 0.1) is 0 Å². The van der Waals surface area contributed by atoms with E-state index in [4.69, 9.17) is 11.6 Å². The maximum atomic E-state index is 12.2. The first-order chi connectivity index (χ1) is 11.2. The van der Waals surface area contributed by atoms with Gasteiger partial charge in [-0.15, -0.1) is 0 Å². The van der Waals surface area contributed by atoms with Crippen molar-refractivity contribution >= 4 is 23.2 Å². The lowest BCUT2D eigenvalue weighted by Gasteiger charge is -2.07. The zero-order valence-corrected chi connectivity index (χ0v) is 14.0. The maximum Gasteiger partial charge on any atom is 0.271 e. The van der Waals surface area contributed by atoms with E-state index in [0.717, 1.165) is 37.0 Å². The van der Waals surface area contributed by atoms with E-state index in [2.05, 4.69) is 17.5 Å². The highest BCUT2D eigenvalue weighted by Gasteiger charge is 2.07. The highest BCUT2D eigenvalue weighted by Crippen LogP contribution is 2.11. The molecule has 0 fully saturated rings. The van der Waals surface area contributed by atoms with Gasteiger partial charge in [0.05, 0.1) is 5.71 Å². The van der Waals surface area contributed by atoms with Crippen LogP contribution in [-0.4, -0.2) is 11.6 Å². The van der Waals surface area contributed by atoms with Gasteiger partial charge in [-0.1, -0.05) is 61.7 Å². The highest BCUT2D eigenvalue weighted by molar-refractivity contribution is 6.30. The quantitative estimate of drug-likeness (QED) is 0.431. The first kappa shape index (κ1) is 17.2. The molecular formula is C19H21ClN2O. The molecule has 0 bridgehead atoms. The van der Waals surface area contributed by atoms with Gasteiger partial charge in [-0.05, 0) is 42.7 Å². The van der Waals surface area contributed by atoms with E-state index in [-0.39, 0.29) is 5.91 Å². The fraction of sp³-hybridized carbons (Fsp3) is 0.263. The van der Waals surface area contributed by atoms with Crippen LogP contribution in [0.25, 0.3) is 0 Å². The molecule has 0 aliphatic heterocycles. The number of benzene rings is 2. The van der Waals surface area contributed by atoms with Gasteiger partial charge in [0.15, 0.2) is 0 Å². The molecule has 23 heavy (non-hydrogen) atoms. The lowest BCUT2D eigenvalue weighted by atomic mass is 10.0. The second-order valence-corrected chi connectivity index (χ2v) is 5.77. The molecule has 4 heteroatoms. The van der Waals surface area contributed by atoms with Crippen molar-refractivity contribution in [3.8, 4) is 0 Å². The van der Waals surface area contributed by atoms with Crippen LogP contribution in [0.5, 0.6) is 0 Å². The van der Waals surface area contributed by atoms with Crippen LogP contribution in [0.2, 0.25) is 5.02 Å². The van der Waals surface area contributed by atoms with E-state index in [9.17, 15) is 4.79 Å². The monoisotopic (exact) mass is 328 g/mol. The molecule has 0 atom stereocenters. The summed E-state index contributed by atoms with van der Waals surface area (Å²) in [5, 5.41) is 4.95. The molecular weight excluding hydrogens is 308 g/mol. The van der Waals surface area contributed by atoms with Crippen molar-refractivity contribution in [3.05, 3.63) is 70.7 Å². The predicted molar refractivity (Wildman–Crippen MR) is 96.0 cm³/mol. The molecule has 0 saturated carbocycles. The minimum absolute atomic E-state index is 0.231. The van der Waals surface area contributed by atoms with Gasteiger partial charge < -0.3 is 0 Å². The van der Waals surface area contributed by atoms with Crippen LogP contribution < -0.4 is 5.43 Å². The molecule has 2 aromatic rings. The Balaban J connectivity index is 2.09. The summed E-state index contributed by atoms with van der Waals surface area (Å²) in [6.07, 6.45) is 4.20. The number of nitrogens with zero attached hydrogens (tertiary/aromatic N) is 1. The second-order valence-electron chi connectivity index (χ2n) is 5.33. The minimum Gasteiger partial charge on any atom is -0.267 e. The van der Waals surface area contributed by atoms with E-state index < -0.39 is 0 Å². The Morgan fingerprint density at radius 3 is 2.35 bits per heavy atom. The molecule has 1 N–H and O–H groups in total. The molecule has 0 aliphatic rings. The Hall–Kier alpha value is -2.13. The highest BCUT2D eigenvalue weighted by atomic mass is 35.5. The van der Waals surface area contributed by atoms with Crippen LogP contribution in [0.3, 0.4) is 0 Å². The second kappa shape index (κ2) is 9.11. The summed E-state index contributed by atoms with van der Waals surface area (Å²) < 4.78 is 0. The van der Waals surface area contributed by atoms with Gasteiger partial charge >= 0.3 is 0 Å². The third kappa shape index (κ3) is 5.53. The van der Waals surface area contributed by atoms with Crippen molar-refractivity contribution in [1.29, 1.82) is 0 Å². The summed E-state index contributed by atoms with van der Waals surface area (Å²) >= 11 is 5.84. The van der Waals surface area contributed by atoms with Crippen molar-refractivity contribution in [1.82, 2.24) is 5.43 Å². The average molecular weight is 329 g/mol. The lowest BCUT2D eigenvalue weighted by Crippen LogP contribution is -2.20. The van der Waals surface area contributed by atoms with Crippen molar-refractivity contribution < 1.29 is 4.79 Å². The van der Waals surface area contributed by atoms with Gasteiger partial charge in [-0.25, -0.2) is 5.43 Å². The summed E-state index contributed by atoms with van der Waals surface area (Å²) in [4.78, 5) is 12.2. The molecule has 120 valence electrons. The summed E-state index contributed by atoms with van der Waals surface area (Å²) in [5.74, 6) is -0.231. The number of carbonyl (C=O) groups excluding carboxylic acids is 1. The number of hydrogen-bond donors (Lipinski definition) is 1. The Morgan fingerprint density at radius 2 is 1.70 bits per heavy atom. The molecule has 3 nitrogen and oxygen atoms in total. The Kier molecular flexibility index (Phi) is 6.82. The zero-order chi connectivity index (χ0) is 16.5. The number of carbonyl (C=O) groups is 1. The largest absolute Gasteiger partial charge is 0.271 e. The molecule has 2 rings (SSSR count). The third-order valence-corrected chi connectivity index (χ3v) is 3.77. The summed E-state index contributed by atoms with van der Waals surface area (Å²) in [7, 11) is 0. The smallest absolute Gasteiger partial charge is 0.267 e. The van der Waals surface area contributed by atoms with Crippen molar-refractivity contribution in [2.24, 2.45) is 5.10 Å². The topological polar surface area (TPSA) is 41.5 Å². The fourth-order valence-electron chi connectivity index (χ4n) is 2.22. The van der Waals surface area contributed by atoms with Gasteiger partial charge in [-0.2, -0.15) is 5.10 Å². The molecule has 2 aromatic carbocycles. The molecule has 0 aliphatic carbocycles. The Morgan fingerprint density at radius 1 is 1.00 bits per heavy atom. The molecule has 0 unspecified atom stereocenters. The predicted octanol–water partition coefficient (Wildman–Crippen LogP) is 5.05. The van der Waals surface area contributed by atoms with Crippen LogP contribution in [0.4, 0.5) is 0 Å². The number of nitrogens with one attached hydrogen (secondary N) is 1. The van der Waals surface area contributed by atoms with Crippen LogP contribution in [0.1, 0.15) is 48.5 Å². The van der Waals surface area contributed by atoms with Gasteiger partial charge in [0.1, 0.15) is 0 Å². The van der Waals surface area contributed by atoms with E-state index in [0.29, 0.717) is 10.6 Å². The number of hydrogen-bond acceptors (Lipinski definition) is 2. The average Bonchev–Trinajstić information content (AvgIpc) is 2.59. The van der Waals surface area contributed by atoms with Crippen LogP contribution in [-0.2, 0) is 0 Å². The molecule has 0 aromatic heterocycles. The number of rotatable bonds is 7. The van der Waals surface area contributed by atoms with E-state index in [1.807, 2.05) is 30.3 Å². The van der Waals surface area contributed by atoms with Crippen molar-refractivity contribution in [3.63, 3.8) is 0 Å². The summed E-state index contributed by atoms with van der Waals surface area (Å²) in [6, 6.07) is 16.7. The van der Waals surface area contributed by atoms with E-state index in [1.54, 1.807) is 24.3 Å². The zero-order valence-electron chi connectivity index (χ0n) is 13.3. The lowest BCUT2D eigenvalue weighted by molar-refractivity contribution is 0.0955. The Bertz CT molecular complexity index is 651.